The van der Waals surface area contributed by atoms with Gasteiger partial charge in [0.25, 0.3) is 11.6 Å². The second kappa shape index (κ2) is 7.64. The molecule has 1 heterocycles. The van der Waals surface area contributed by atoms with Crippen molar-refractivity contribution in [2.75, 3.05) is 27.2 Å². The number of nitro benzene ring substituents is 1. The van der Waals surface area contributed by atoms with Crippen molar-refractivity contribution in [2.45, 2.75) is 13.3 Å². The predicted octanol–water partition coefficient (Wildman–Crippen LogP) is 1.17. The highest BCUT2D eigenvalue weighted by Crippen LogP contribution is 2.18. The number of nitrogens with one attached hydrogen (secondary N) is 1. The van der Waals surface area contributed by atoms with Crippen molar-refractivity contribution >= 4 is 11.6 Å². The molecule has 24 heavy (non-hydrogen) atoms. The molecule has 0 spiro atoms. The lowest BCUT2D eigenvalue weighted by Gasteiger charge is -2.09. The molecule has 9 nitrogen and oxygen atoms in total. The molecule has 2 aromatic rings. The van der Waals surface area contributed by atoms with Crippen LogP contribution in [-0.4, -0.2) is 57.9 Å². The van der Waals surface area contributed by atoms with Gasteiger partial charge in [0.05, 0.1) is 16.3 Å². The largest absolute Gasteiger partial charge is 0.351 e. The van der Waals surface area contributed by atoms with Gasteiger partial charge in [0.1, 0.15) is 0 Å². The quantitative estimate of drug-likeness (QED) is 0.463. The first-order valence-corrected chi connectivity index (χ1v) is 7.50. The summed E-state index contributed by atoms with van der Waals surface area (Å²) in [5, 5.41) is 21.5. The summed E-state index contributed by atoms with van der Waals surface area (Å²) < 4.78 is 1.42. The third-order valence-corrected chi connectivity index (χ3v) is 3.46. The highest BCUT2D eigenvalue weighted by atomic mass is 16.6. The van der Waals surface area contributed by atoms with Gasteiger partial charge in [-0.2, -0.15) is 0 Å². The number of aromatic nitrogens is 3. The van der Waals surface area contributed by atoms with Gasteiger partial charge in [-0.05, 0) is 40.1 Å². The minimum absolute atomic E-state index is 0.0444. The minimum Gasteiger partial charge on any atom is -0.351 e. The zero-order chi connectivity index (χ0) is 17.7. The van der Waals surface area contributed by atoms with Gasteiger partial charge in [-0.15, -0.1) is 5.10 Å². The zero-order valence-corrected chi connectivity index (χ0v) is 13.9. The van der Waals surface area contributed by atoms with E-state index < -0.39 is 4.92 Å². The maximum Gasteiger partial charge on any atom is 0.273 e. The molecule has 0 bridgehead atoms. The molecular formula is C15H20N6O3. The maximum atomic E-state index is 12.2. The van der Waals surface area contributed by atoms with Crippen molar-refractivity contribution in [2.24, 2.45) is 0 Å². The molecule has 0 radical (unpaired) electrons. The van der Waals surface area contributed by atoms with E-state index in [0.29, 0.717) is 17.9 Å². The van der Waals surface area contributed by atoms with Gasteiger partial charge in [-0.1, -0.05) is 11.3 Å². The van der Waals surface area contributed by atoms with Crippen molar-refractivity contribution < 1.29 is 9.72 Å². The number of carbonyl (C=O) groups is 1. The number of hydrogen-bond donors (Lipinski definition) is 1. The number of nitrogens with zero attached hydrogens (tertiary/aromatic N) is 5. The average Bonchev–Trinajstić information content (AvgIpc) is 2.93. The summed E-state index contributed by atoms with van der Waals surface area (Å²) in [5.41, 5.74) is 1.19. The molecule has 0 saturated carbocycles. The Bertz CT molecular complexity index is 741. The Morgan fingerprint density at radius 1 is 1.42 bits per heavy atom. The molecule has 1 aromatic heterocycles. The number of benzene rings is 1. The summed E-state index contributed by atoms with van der Waals surface area (Å²) in [6, 6.07) is 6.03. The average molecular weight is 332 g/mol. The van der Waals surface area contributed by atoms with Crippen molar-refractivity contribution in [1.82, 2.24) is 25.2 Å². The molecule has 0 aliphatic rings. The lowest BCUT2D eigenvalue weighted by Crippen LogP contribution is -2.28. The van der Waals surface area contributed by atoms with Gasteiger partial charge in [-0.25, -0.2) is 4.68 Å². The standard InChI is InChI=1S/C15H20N6O3/c1-11-14(15(22)16-8-5-9-19(2)3)17-18-20(11)12-6-4-7-13(10-12)21(23)24/h4,6-7,10H,5,8-9H2,1-3H3,(H,16,22). The number of hydrogen-bond acceptors (Lipinski definition) is 6. The Hall–Kier alpha value is -2.81. The fourth-order valence-electron chi connectivity index (χ4n) is 2.20. The van der Waals surface area contributed by atoms with Crippen LogP contribution in [0.2, 0.25) is 0 Å². The molecule has 128 valence electrons. The SMILES string of the molecule is Cc1c(C(=O)NCCCN(C)C)nnn1-c1cccc([N+](=O)[O-])c1. The fourth-order valence-corrected chi connectivity index (χ4v) is 2.20. The van der Waals surface area contributed by atoms with Crippen LogP contribution in [0.5, 0.6) is 0 Å². The van der Waals surface area contributed by atoms with E-state index in [1.54, 1.807) is 19.1 Å². The van der Waals surface area contributed by atoms with E-state index in [2.05, 4.69) is 15.6 Å². The summed E-state index contributed by atoms with van der Waals surface area (Å²) >= 11 is 0. The van der Waals surface area contributed by atoms with Gasteiger partial charge in [0.15, 0.2) is 5.69 Å². The number of amides is 1. The van der Waals surface area contributed by atoms with Crippen LogP contribution >= 0.6 is 0 Å². The maximum absolute atomic E-state index is 12.2. The highest BCUT2D eigenvalue weighted by molar-refractivity contribution is 5.93. The second-order valence-electron chi connectivity index (χ2n) is 5.62. The van der Waals surface area contributed by atoms with Crippen LogP contribution in [0.3, 0.4) is 0 Å². The third kappa shape index (κ3) is 4.13. The number of carbonyl (C=O) groups excluding carboxylic acids is 1. The zero-order valence-electron chi connectivity index (χ0n) is 13.9. The topological polar surface area (TPSA) is 106 Å². The van der Waals surface area contributed by atoms with E-state index in [4.69, 9.17) is 0 Å². The minimum atomic E-state index is -0.478. The van der Waals surface area contributed by atoms with Crippen LogP contribution in [0.4, 0.5) is 5.69 Å². The first kappa shape index (κ1) is 17.5. The van der Waals surface area contributed by atoms with E-state index in [-0.39, 0.29) is 17.3 Å². The van der Waals surface area contributed by atoms with Gasteiger partial charge >= 0.3 is 0 Å². The van der Waals surface area contributed by atoms with Crippen LogP contribution < -0.4 is 5.32 Å². The molecule has 0 fully saturated rings. The van der Waals surface area contributed by atoms with Crippen molar-refractivity contribution in [3.63, 3.8) is 0 Å². The molecule has 1 amide bonds. The first-order valence-electron chi connectivity index (χ1n) is 7.50. The fraction of sp³-hybridized carbons (Fsp3) is 0.400. The molecular weight excluding hydrogens is 312 g/mol. The summed E-state index contributed by atoms with van der Waals surface area (Å²) in [6.07, 6.45) is 0.830. The Morgan fingerprint density at radius 3 is 2.83 bits per heavy atom. The third-order valence-electron chi connectivity index (χ3n) is 3.46. The number of non-ortho nitro benzene ring substituents is 1. The van der Waals surface area contributed by atoms with Crippen LogP contribution in [0.1, 0.15) is 22.6 Å². The summed E-state index contributed by atoms with van der Waals surface area (Å²) in [7, 11) is 3.94. The Balaban J connectivity index is 2.12. The molecule has 1 N–H and O–H groups in total. The Labute approximate surface area is 139 Å². The van der Waals surface area contributed by atoms with Gasteiger partial charge in [0, 0.05) is 18.7 Å². The smallest absolute Gasteiger partial charge is 0.273 e. The van der Waals surface area contributed by atoms with Crippen molar-refractivity contribution in [3.8, 4) is 5.69 Å². The monoisotopic (exact) mass is 332 g/mol. The van der Waals surface area contributed by atoms with Crippen molar-refractivity contribution in [1.29, 1.82) is 0 Å². The van der Waals surface area contributed by atoms with E-state index in [9.17, 15) is 14.9 Å². The number of nitro groups is 1. The van der Waals surface area contributed by atoms with E-state index in [1.807, 2.05) is 19.0 Å². The summed E-state index contributed by atoms with van der Waals surface area (Å²) in [6.45, 7) is 3.12. The van der Waals surface area contributed by atoms with Gasteiger partial charge in [-0.3, -0.25) is 14.9 Å². The molecule has 9 heteroatoms. The number of rotatable bonds is 7. The molecule has 0 unspecified atom stereocenters. The van der Waals surface area contributed by atoms with Crippen LogP contribution in [0.15, 0.2) is 24.3 Å². The summed E-state index contributed by atoms with van der Waals surface area (Å²) in [4.78, 5) is 24.6. The second-order valence-corrected chi connectivity index (χ2v) is 5.62. The van der Waals surface area contributed by atoms with Crippen LogP contribution in [0.25, 0.3) is 5.69 Å². The molecule has 0 saturated heterocycles. The van der Waals surface area contributed by atoms with E-state index in [0.717, 1.165) is 13.0 Å². The van der Waals surface area contributed by atoms with Crippen molar-refractivity contribution in [3.05, 3.63) is 45.8 Å². The van der Waals surface area contributed by atoms with Crippen LogP contribution in [0, 0.1) is 17.0 Å². The van der Waals surface area contributed by atoms with Gasteiger partial charge < -0.3 is 10.2 Å². The molecule has 2 rings (SSSR count). The summed E-state index contributed by atoms with van der Waals surface area (Å²) in [5.74, 6) is -0.303. The van der Waals surface area contributed by atoms with Crippen LogP contribution in [-0.2, 0) is 0 Å². The molecule has 1 aromatic carbocycles. The Morgan fingerprint density at radius 2 is 2.17 bits per heavy atom. The molecule has 0 aliphatic heterocycles. The Kier molecular flexibility index (Phi) is 5.59. The van der Waals surface area contributed by atoms with Gasteiger partial charge in [0.2, 0.25) is 0 Å². The molecule has 0 aliphatic carbocycles. The first-order chi connectivity index (χ1) is 11.4. The normalized spacial score (nSPS) is 10.8. The van der Waals surface area contributed by atoms with E-state index in [1.165, 1.54) is 16.8 Å². The predicted molar refractivity (Wildman–Crippen MR) is 88.3 cm³/mol. The van der Waals surface area contributed by atoms with E-state index >= 15 is 0 Å². The lowest BCUT2D eigenvalue weighted by atomic mass is 10.2. The molecule has 0 atom stereocenters. The highest BCUT2D eigenvalue weighted by Gasteiger charge is 2.18. The lowest BCUT2D eigenvalue weighted by molar-refractivity contribution is -0.384.